The second kappa shape index (κ2) is 10.6. The van der Waals surface area contributed by atoms with Crippen molar-refractivity contribution in [1.29, 1.82) is 0 Å². The minimum Gasteiger partial charge on any atom is -0.497 e. The van der Waals surface area contributed by atoms with Gasteiger partial charge in [0.1, 0.15) is 11.8 Å². The lowest BCUT2D eigenvalue weighted by Gasteiger charge is -2.30. The van der Waals surface area contributed by atoms with E-state index in [0.29, 0.717) is 18.1 Å². The molecule has 1 atom stereocenters. The Bertz CT molecular complexity index is 1010. The molecule has 0 unspecified atom stereocenters. The molecule has 0 aliphatic carbocycles. The van der Waals surface area contributed by atoms with E-state index in [4.69, 9.17) is 16.3 Å². The van der Waals surface area contributed by atoms with Gasteiger partial charge in [0, 0.05) is 25.0 Å². The van der Waals surface area contributed by atoms with Gasteiger partial charge in [0.25, 0.3) is 0 Å². The summed E-state index contributed by atoms with van der Waals surface area (Å²) in [5.41, 5.74) is 2.58. The Kier molecular flexibility index (Phi) is 7.68. The highest BCUT2D eigenvalue weighted by Gasteiger charge is 2.29. The first-order valence-electron chi connectivity index (χ1n) is 9.95. The van der Waals surface area contributed by atoms with Crippen molar-refractivity contribution >= 4 is 23.4 Å². The summed E-state index contributed by atoms with van der Waals surface area (Å²) in [7, 11) is 1.61. The summed E-state index contributed by atoms with van der Waals surface area (Å²) >= 11 is 5.99. The van der Waals surface area contributed by atoms with Gasteiger partial charge in [0.15, 0.2) is 0 Å². The molecule has 0 aliphatic heterocycles. The molecule has 5 nitrogen and oxygen atoms in total. The van der Waals surface area contributed by atoms with Crippen LogP contribution in [0.3, 0.4) is 0 Å². The number of methoxy groups -OCH3 is 1. The first-order chi connectivity index (χ1) is 15.0. The van der Waals surface area contributed by atoms with Gasteiger partial charge in [-0.05, 0) is 41.0 Å². The van der Waals surface area contributed by atoms with Crippen molar-refractivity contribution in [1.82, 2.24) is 10.2 Å². The van der Waals surface area contributed by atoms with Crippen LogP contribution in [0.25, 0.3) is 0 Å². The van der Waals surface area contributed by atoms with E-state index < -0.39 is 6.04 Å². The van der Waals surface area contributed by atoms with E-state index in [2.05, 4.69) is 5.32 Å². The Morgan fingerprint density at radius 2 is 1.55 bits per heavy atom. The zero-order valence-corrected chi connectivity index (χ0v) is 18.3. The molecule has 0 fully saturated rings. The third-order valence-electron chi connectivity index (χ3n) is 4.97. The second-order valence-electron chi connectivity index (χ2n) is 7.15. The van der Waals surface area contributed by atoms with Crippen molar-refractivity contribution in [2.45, 2.75) is 26.1 Å². The van der Waals surface area contributed by atoms with Crippen LogP contribution in [-0.4, -0.2) is 23.8 Å². The van der Waals surface area contributed by atoms with Gasteiger partial charge in [0.05, 0.1) is 7.11 Å². The zero-order chi connectivity index (χ0) is 22.2. The highest BCUT2D eigenvalue weighted by atomic mass is 35.5. The lowest BCUT2D eigenvalue weighted by molar-refractivity contribution is -0.140. The molecule has 1 N–H and O–H groups in total. The molecule has 3 rings (SSSR count). The van der Waals surface area contributed by atoms with Crippen LogP contribution in [0.2, 0.25) is 5.02 Å². The van der Waals surface area contributed by atoms with E-state index in [9.17, 15) is 9.59 Å². The molecule has 0 heterocycles. The van der Waals surface area contributed by atoms with E-state index in [1.807, 2.05) is 66.7 Å². The summed E-state index contributed by atoms with van der Waals surface area (Å²) in [4.78, 5) is 27.4. The van der Waals surface area contributed by atoms with Gasteiger partial charge in [-0.25, -0.2) is 0 Å². The average Bonchev–Trinajstić information content (AvgIpc) is 2.79. The number of benzene rings is 3. The number of nitrogens with zero attached hydrogens (tertiary/aromatic N) is 1. The minimum absolute atomic E-state index is 0.191. The van der Waals surface area contributed by atoms with Crippen LogP contribution in [0, 0.1) is 0 Å². The fourth-order valence-electron chi connectivity index (χ4n) is 3.31. The largest absolute Gasteiger partial charge is 0.497 e. The number of hydrogen-bond donors (Lipinski definition) is 1. The first-order valence-corrected chi connectivity index (χ1v) is 10.3. The van der Waals surface area contributed by atoms with Crippen LogP contribution in [0.1, 0.15) is 29.7 Å². The summed E-state index contributed by atoms with van der Waals surface area (Å²) in [6, 6.07) is 23.3. The molecular formula is C25H25ClN2O3. The number of amides is 2. The third-order valence-corrected chi connectivity index (χ3v) is 5.22. The quantitative estimate of drug-likeness (QED) is 0.554. The molecule has 0 aliphatic rings. The van der Waals surface area contributed by atoms with Crippen molar-refractivity contribution in [3.05, 3.63) is 101 Å². The van der Waals surface area contributed by atoms with Gasteiger partial charge in [-0.3, -0.25) is 9.59 Å². The molecule has 0 spiro atoms. The summed E-state index contributed by atoms with van der Waals surface area (Å²) < 4.78 is 5.17. The van der Waals surface area contributed by atoms with Crippen LogP contribution in [0.5, 0.6) is 5.75 Å². The number of ether oxygens (including phenoxy) is 1. The van der Waals surface area contributed by atoms with Crippen molar-refractivity contribution in [2.24, 2.45) is 0 Å². The predicted octanol–water partition coefficient (Wildman–Crippen LogP) is 4.75. The van der Waals surface area contributed by atoms with Gasteiger partial charge in [-0.15, -0.1) is 0 Å². The maximum Gasteiger partial charge on any atom is 0.247 e. The van der Waals surface area contributed by atoms with Gasteiger partial charge < -0.3 is 15.0 Å². The smallest absolute Gasteiger partial charge is 0.247 e. The summed E-state index contributed by atoms with van der Waals surface area (Å²) in [6.45, 7) is 2.11. The summed E-state index contributed by atoms with van der Waals surface area (Å²) in [6.07, 6.45) is 0. The maximum absolute atomic E-state index is 13.3. The monoisotopic (exact) mass is 436 g/mol. The standard InChI is InChI=1S/C25H25ClN2O3/c1-18(29)28(17-20-8-12-22(26)13-9-20)24(21-6-4-3-5-7-21)25(30)27-16-19-10-14-23(31-2)15-11-19/h3-15,24H,16-17H2,1-2H3,(H,27,30)/t24-/m1/s1. The highest BCUT2D eigenvalue weighted by Crippen LogP contribution is 2.24. The van der Waals surface area contributed by atoms with Gasteiger partial charge in [-0.1, -0.05) is 66.2 Å². The Morgan fingerprint density at radius 1 is 0.935 bits per heavy atom. The van der Waals surface area contributed by atoms with Crippen LogP contribution in [0.15, 0.2) is 78.9 Å². The minimum atomic E-state index is -0.757. The highest BCUT2D eigenvalue weighted by molar-refractivity contribution is 6.30. The molecule has 0 saturated heterocycles. The van der Waals surface area contributed by atoms with E-state index in [0.717, 1.165) is 22.4 Å². The van der Waals surface area contributed by atoms with Gasteiger partial charge in [0.2, 0.25) is 11.8 Å². The second-order valence-corrected chi connectivity index (χ2v) is 7.59. The van der Waals surface area contributed by atoms with Crippen LogP contribution in [-0.2, 0) is 22.7 Å². The molecule has 0 bridgehead atoms. The lowest BCUT2D eigenvalue weighted by atomic mass is 10.0. The molecule has 0 saturated carbocycles. The van der Waals surface area contributed by atoms with Crippen molar-refractivity contribution in [2.75, 3.05) is 7.11 Å². The van der Waals surface area contributed by atoms with Crippen LogP contribution < -0.4 is 10.1 Å². The predicted molar refractivity (Wildman–Crippen MR) is 122 cm³/mol. The summed E-state index contributed by atoms with van der Waals surface area (Å²) in [5, 5.41) is 3.59. The molecule has 3 aromatic rings. The number of nitrogens with one attached hydrogen (secondary N) is 1. The van der Waals surface area contributed by atoms with E-state index in [1.54, 1.807) is 24.1 Å². The third kappa shape index (κ3) is 6.09. The molecular weight excluding hydrogens is 412 g/mol. The Labute approximate surface area is 187 Å². The van der Waals surface area contributed by atoms with Gasteiger partial charge >= 0.3 is 0 Å². The Morgan fingerprint density at radius 3 is 2.13 bits per heavy atom. The molecule has 160 valence electrons. The van der Waals surface area contributed by atoms with Gasteiger partial charge in [-0.2, -0.15) is 0 Å². The number of carbonyl (C=O) groups excluding carboxylic acids is 2. The van der Waals surface area contributed by atoms with Crippen LogP contribution >= 0.6 is 11.6 Å². The van der Waals surface area contributed by atoms with E-state index >= 15 is 0 Å². The Hall–Kier alpha value is -3.31. The topological polar surface area (TPSA) is 58.6 Å². The Balaban J connectivity index is 1.83. The fraction of sp³-hybridized carbons (Fsp3) is 0.200. The number of halogens is 1. The van der Waals surface area contributed by atoms with Crippen molar-refractivity contribution < 1.29 is 14.3 Å². The number of rotatable bonds is 8. The molecule has 0 radical (unpaired) electrons. The summed E-state index contributed by atoms with van der Waals surface area (Å²) in [5.74, 6) is 0.317. The lowest BCUT2D eigenvalue weighted by Crippen LogP contribution is -2.42. The number of carbonyl (C=O) groups is 2. The van der Waals surface area contributed by atoms with Crippen LogP contribution in [0.4, 0.5) is 0 Å². The van der Waals surface area contributed by atoms with E-state index in [-0.39, 0.29) is 11.8 Å². The molecule has 2 amide bonds. The van der Waals surface area contributed by atoms with Crippen molar-refractivity contribution in [3.8, 4) is 5.75 Å². The molecule has 3 aromatic carbocycles. The maximum atomic E-state index is 13.3. The molecule has 6 heteroatoms. The normalized spacial score (nSPS) is 11.5. The number of hydrogen-bond acceptors (Lipinski definition) is 3. The molecule has 31 heavy (non-hydrogen) atoms. The average molecular weight is 437 g/mol. The van der Waals surface area contributed by atoms with Crippen molar-refractivity contribution in [3.63, 3.8) is 0 Å². The zero-order valence-electron chi connectivity index (χ0n) is 17.5. The SMILES string of the molecule is COc1ccc(CNC(=O)[C@@H](c2ccccc2)N(Cc2ccc(Cl)cc2)C(C)=O)cc1. The first kappa shape index (κ1) is 22.4. The molecule has 0 aromatic heterocycles. The van der Waals surface area contributed by atoms with E-state index in [1.165, 1.54) is 6.92 Å². The fourth-order valence-corrected chi connectivity index (χ4v) is 3.43.